The number of amides is 1. The fraction of sp³-hybridized carbons (Fsp3) is 0.0625. The highest BCUT2D eigenvalue weighted by Crippen LogP contribution is 2.23. The van der Waals surface area contributed by atoms with E-state index in [4.69, 9.17) is 16.0 Å². The van der Waals surface area contributed by atoms with Crippen molar-refractivity contribution in [2.45, 2.75) is 6.92 Å². The lowest BCUT2D eigenvalue weighted by atomic mass is 10.2. The zero-order chi connectivity index (χ0) is 14.1. The van der Waals surface area contributed by atoms with Gasteiger partial charge < -0.3 is 9.73 Å². The van der Waals surface area contributed by atoms with Crippen molar-refractivity contribution in [3.8, 4) is 0 Å². The van der Waals surface area contributed by atoms with Crippen LogP contribution in [0.1, 0.15) is 16.1 Å². The number of carbonyl (C=O) groups excluding carboxylic acids is 1. The summed E-state index contributed by atoms with van der Waals surface area (Å²) in [6.45, 7) is 1.99. The van der Waals surface area contributed by atoms with E-state index < -0.39 is 0 Å². The lowest BCUT2D eigenvalue weighted by molar-refractivity contribution is 0.0998. The molecule has 0 aliphatic heterocycles. The van der Waals surface area contributed by atoms with E-state index in [1.54, 1.807) is 24.3 Å². The molecular formula is C16H12ClNO2. The maximum absolute atomic E-state index is 12.1. The third-order valence-corrected chi connectivity index (χ3v) is 3.25. The van der Waals surface area contributed by atoms with Crippen LogP contribution in [-0.4, -0.2) is 5.91 Å². The Morgan fingerprint density at radius 3 is 2.60 bits per heavy atom. The molecule has 3 rings (SSSR count). The van der Waals surface area contributed by atoms with Crippen LogP contribution in [0.5, 0.6) is 0 Å². The molecule has 0 radical (unpaired) electrons. The second-order valence-corrected chi connectivity index (χ2v) is 5.05. The second kappa shape index (κ2) is 5.02. The molecule has 0 saturated carbocycles. The Bertz CT molecular complexity index is 775. The molecule has 0 unspecified atom stereocenters. The van der Waals surface area contributed by atoms with Crippen LogP contribution in [0.15, 0.2) is 52.9 Å². The molecule has 0 spiro atoms. The maximum atomic E-state index is 12.1. The van der Waals surface area contributed by atoms with Gasteiger partial charge in [0.05, 0.1) is 0 Å². The summed E-state index contributed by atoms with van der Waals surface area (Å²) in [6.07, 6.45) is 0. The summed E-state index contributed by atoms with van der Waals surface area (Å²) in [7, 11) is 0. The van der Waals surface area contributed by atoms with Crippen LogP contribution < -0.4 is 5.32 Å². The zero-order valence-corrected chi connectivity index (χ0v) is 11.6. The van der Waals surface area contributed by atoms with Gasteiger partial charge in [0.25, 0.3) is 5.91 Å². The van der Waals surface area contributed by atoms with E-state index in [-0.39, 0.29) is 11.7 Å². The second-order valence-electron chi connectivity index (χ2n) is 4.61. The van der Waals surface area contributed by atoms with Gasteiger partial charge >= 0.3 is 0 Å². The highest BCUT2D eigenvalue weighted by atomic mass is 35.5. The number of fused-ring (bicyclic) bond motifs is 1. The van der Waals surface area contributed by atoms with E-state index in [2.05, 4.69) is 5.32 Å². The van der Waals surface area contributed by atoms with Crippen LogP contribution in [0.3, 0.4) is 0 Å². The van der Waals surface area contributed by atoms with Gasteiger partial charge in [0.2, 0.25) is 0 Å². The van der Waals surface area contributed by atoms with Crippen LogP contribution in [0.25, 0.3) is 11.0 Å². The monoisotopic (exact) mass is 285 g/mol. The normalized spacial score (nSPS) is 10.7. The molecule has 0 atom stereocenters. The van der Waals surface area contributed by atoms with Crippen molar-refractivity contribution in [2.75, 3.05) is 5.32 Å². The van der Waals surface area contributed by atoms with Gasteiger partial charge in [-0.3, -0.25) is 4.79 Å². The number of nitrogens with one attached hydrogen (secondary N) is 1. The molecule has 1 amide bonds. The molecule has 0 aliphatic rings. The summed E-state index contributed by atoms with van der Waals surface area (Å²) < 4.78 is 5.51. The topological polar surface area (TPSA) is 42.2 Å². The Kier molecular flexibility index (Phi) is 3.20. The first-order valence-corrected chi connectivity index (χ1v) is 6.57. The molecule has 0 bridgehead atoms. The van der Waals surface area contributed by atoms with Gasteiger partial charge in [-0.05, 0) is 43.3 Å². The number of hydrogen-bond acceptors (Lipinski definition) is 2. The molecular weight excluding hydrogens is 274 g/mol. The van der Waals surface area contributed by atoms with E-state index >= 15 is 0 Å². The van der Waals surface area contributed by atoms with Crippen LogP contribution in [0.4, 0.5) is 5.69 Å². The number of halogens is 1. The minimum absolute atomic E-state index is 0.267. The Balaban J connectivity index is 1.86. The molecule has 20 heavy (non-hydrogen) atoms. The van der Waals surface area contributed by atoms with E-state index in [9.17, 15) is 4.79 Å². The summed E-state index contributed by atoms with van der Waals surface area (Å²) >= 11 is 5.91. The highest BCUT2D eigenvalue weighted by molar-refractivity contribution is 6.31. The highest BCUT2D eigenvalue weighted by Gasteiger charge is 2.12. The summed E-state index contributed by atoms with van der Waals surface area (Å²) in [5, 5.41) is 4.22. The zero-order valence-electron chi connectivity index (χ0n) is 10.8. The number of hydrogen-bond donors (Lipinski definition) is 1. The molecule has 0 saturated heterocycles. The summed E-state index contributed by atoms with van der Waals surface area (Å²) in [6, 6.07) is 14.5. The Labute approximate surface area is 121 Å². The first kappa shape index (κ1) is 12.8. The van der Waals surface area contributed by atoms with Gasteiger partial charge in [0.15, 0.2) is 5.76 Å². The van der Waals surface area contributed by atoms with Crippen LogP contribution in [0, 0.1) is 6.92 Å². The number of carbonyl (C=O) groups is 1. The van der Waals surface area contributed by atoms with E-state index in [1.165, 1.54) is 0 Å². The smallest absolute Gasteiger partial charge is 0.291 e. The predicted octanol–water partition coefficient (Wildman–Crippen LogP) is 4.65. The van der Waals surface area contributed by atoms with Gasteiger partial charge in [0, 0.05) is 16.1 Å². The molecule has 3 aromatic rings. The maximum Gasteiger partial charge on any atom is 0.291 e. The molecule has 1 heterocycles. The van der Waals surface area contributed by atoms with Gasteiger partial charge in [-0.1, -0.05) is 29.3 Å². The van der Waals surface area contributed by atoms with Gasteiger partial charge in [0.1, 0.15) is 5.58 Å². The lowest BCUT2D eigenvalue weighted by Crippen LogP contribution is -2.10. The fourth-order valence-corrected chi connectivity index (χ4v) is 2.14. The van der Waals surface area contributed by atoms with Crippen molar-refractivity contribution in [3.63, 3.8) is 0 Å². The Morgan fingerprint density at radius 1 is 1.10 bits per heavy atom. The van der Waals surface area contributed by atoms with E-state index in [0.717, 1.165) is 16.6 Å². The number of benzene rings is 2. The SMILES string of the molecule is Cc1ccc(NC(=O)c2cc3cc(Cl)ccc3o2)cc1. The van der Waals surface area contributed by atoms with Crippen LogP contribution >= 0.6 is 11.6 Å². The molecule has 100 valence electrons. The van der Waals surface area contributed by atoms with E-state index in [0.29, 0.717) is 10.6 Å². The Morgan fingerprint density at radius 2 is 1.85 bits per heavy atom. The third kappa shape index (κ3) is 2.53. The molecule has 2 aromatic carbocycles. The number of aryl methyl sites for hydroxylation is 1. The van der Waals surface area contributed by atoms with E-state index in [1.807, 2.05) is 31.2 Å². The minimum atomic E-state index is -0.277. The third-order valence-electron chi connectivity index (χ3n) is 3.01. The molecule has 1 aromatic heterocycles. The lowest BCUT2D eigenvalue weighted by Gasteiger charge is -2.02. The Hall–Kier alpha value is -2.26. The van der Waals surface area contributed by atoms with Crippen molar-refractivity contribution < 1.29 is 9.21 Å². The molecule has 4 heteroatoms. The van der Waals surface area contributed by atoms with Gasteiger partial charge in [-0.25, -0.2) is 0 Å². The average Bonchev–Trinajstić information content (AvgIpc) is 2.84. The first-order valence-electron chi connectivity index (χ1n) is 6.19. The predicted molar refractivity (Wildman–Crippen MR) is 80.4 cm³/mol. The number of rotatable bonds is 2. The van der Waals surface area contributed by atoms with Crippen LogP contribution in [-0.2, 0) is 0 Å². The van der Waals surface area contributed by atoms with Crippen molar-refractivity contribution in [1.82, 2.24) is 0 Å². The van der Waals surface area contributed by atoms with Crippen molar-refractivity contribution in [1.29, 1.82) is 0 Å². The van der Waals surface area contributed by atoms with Crippen molar-refractivity contribution in [2.24, 2.45) is 0 Å². The first-order chi connectivity index (χ1) is 9.61. The van der Waals surface area contributed by atoms with Crippen molar-refractivity contribution >= 4 is 34.2 Å². The number of furan rings is 1. The summed E-state index contributed by atoms with van der Waals surface area (Å²) in [5.74, 6) is -0.0102. The van der Waals surface area contributed by atoms with Gasteiger partial charge in [-0.15, -0.1) is 0 Å². The largest absolute Gasteiger partial charge is 0.451 e. The molecule has 3 nitrogen and oxygen atoms in total. The van der Waals surface area contributed by atoms with Crippen LogP contribution in [0.2, 0.25) is 5.02 Å². The molecule has 1 N–H and O–H groups in total. The van der Waals surface area contributed by atoms with Crippen molar-refractivity contribution in [3.05, 3.63) is 64.9 Å². The standard InChI is InChI=1S/C16H12ClNO2/c1-10-2-5-13(6-3-10)18-16(19)15-9-11-8-12(17)4-7-14(11)20-15/h2-9H,1H3,(H,18,19). The quantitative estimate of drug-likeness (QED) is 0.745. The summed E-state index contributed by atoms with van der Waals surface area (Å²) in [5.41, 5.74) is 2.52. The summed E-state index contributed by atoms with van der Waals surface area (Å²) in [4.78, 5) is 12.1. The fourth-order valence-electron chi connectivity index (χ4n) is 1.96. The molecule has 0 aliphatic carbocycles. The average molecular weight is 286 g/mol. The minimum Gasteiger partial charge on any atom is -0.451 e. The van der Waals surface area contributed by atoms with Gasteiger partial charge in [-0.2, -0.15) is 0 Å². The number of anilines is 1. The molecule has 0 fully saturated rings.